The smallest absolute Gasteiger partial charge is 0.450 e. The minimum Gasteiger partial charge on any atom is -0.450 e. The van der Waals surface area contributed by atoms with E-state index in [0.29, 0.717) is 20.8 Å². The molecule has 0 fully saturated rings. The topological polar surface area (TPSA) is 88.1 Å². The van der Waals surface area contributed by atoms with E-state index >= 15 is 0 Å². The van der Waals surface area contributed by atoms with Gasteiger partial charge in [-0.15, -0.1) is 0 Å². The Balaban J connectivity index is 2.12. The van der Waals surface area contributed by atoms with Gasteiger partial charge in [-0.2, -0.15) is 0 Å². The number of aromatic amines is 1. The Labute approximate surface area is 182 Å². The van der Waals surface area contributed by atoms with Crippen molar-refractivity contribution < 1.29 is 14.6 Å². The van der Waals surface area contributed by atoms with Crippen LogP contribution in [0.1, 0.15) is 36.8 Å². The highest BCUT2D eigenvalue weighted by Gasteiger charge is 2.42. The third-order valence-corrected chi connectivity index (χ3v) is 5.79. The van der Waals surface area contributed by atoms with E-state index in [1.807, 2.05) is 13.8 Å². The van der Waals surface area contributed by atoms with Crippen molar-refractivity contribution in [2.45, 2.75) is 36.0 Å². The zero-order valence-electron chi connectivity index (χ0n) is 15.7. The number of H-pyrrole nitrogens is 1. The average Bonchev–Trinajstić information content (AvgIpc) is 3.12. The largest absolute Gasteiger partial charge is 0.507 e. The van der Waals surface area contributed by atoms with Crippen molar-refractivity contribution in [1.82, 2.24) is 15.0 Å². The second kappa shape index (κ2) is 9.07. The quantitative estimate of drug-likeness (QED) is 0.255. The minimum absolute atomic E-state index is 0.185. The van der Waals surface area contributed by atoms with Gasteiger partial charge in [-0.1, -0.05) is 48.8 Å². The summed E-state index contributed by atoms with van der Waals surface area (Å²) in [5.74, 6) is 0.576. The number of carbonyl (C=O) groups is 1. The van der Waals surface area contributed by atoms with Gasteiger partial charge in [-0.3, -0.25) is 4.98 Å². The second-order valence-electron chi connectivity index (χ2n) is 6.70. The van der Waals surface area contributed by atoms with Gasteiger partial charge in [0.25, 0.3) is 0 Å². The molecule has 9 heteroatoms. The molecule has 0 amide bonds. The minimum atomic E-state index is -1.41. The van der Waals surface area contributed by atoms with Crippen LogP contribution in [0.15, 0.2) is 53.8 Å². The molecule has 0 radical (unpaired) electrons. The summed E-state index contributed by atoms with van der Waals surface area (Å²) in [7, 11) is 0. The molecule has 0 saturated carbocycles. The van der Waals surface area contributed by atoms with Gasteiger partial charge in [-0.05, 0) is 41.8 Å². The lowest BCUT2D eigenvalue weighted by Gasteiger charge is -2.30. The van der Waals surface area contributed by atoms with Gasteiger partial charge >= 0.3 is 6.16 Å². The Morgan fingerprint density at radius 2 is 1.90 bits per heavy atom. The average molecular weight is 452 g/mol. The van der Waals surface area contributed by atoms with E-state index in [2.05, 4.69) is 15.0 Å². The van der Waals surface area contributed by atoms with E-state index in [1.165, 1.54) is 11.8 Å². The Morgan fingerprint density at radius 3 is 2.45 bits per heavy atom. The van der Waals surface area contributed by atoms with Gasteiger partial charge in [0.2, 0.25) is 4.93 Å². The lowest BCUT2D eigenvalue weighted by atomic mass is 10.1. The van der Waals surface area contributed by atoms with Crippen LogP contribution in [0.5, 0.6) is 0 Å². The number of aromatic nitrogens is 3. The van der Waals surface area contributed by atoms with Crippen molar-refractivity contribution in [2.75, 3.05) is 0 Å². The number of pyridine rings is 1. The normalized spacial score (nSPS) is 13.3. The van der Waals surface area contributed by atoms with E-state index in [9.17, 15) is 9.90 Å². The van der Waals surface area contributed by atoms with Crippen molar-refractivity contribution >= 4 is 41.1 Å². The fourth-order valence-corrected chi connectivity index (χ4v) is 4.74. The number of carboxylic acid groups (broad SMARTS) is 1. The second-order valence-corrected chi connectivity index (χ2v) is 8.91. The maximum atomic E-state index is 11.7. The summed E-state index contributed by atoms with van der Waals surface area (Å²) < 4.78 is 5.48. The Morgan fingerprint density at radius 1 is 1.24 bits per heavy atom. The molecule has 3 aromatic rings. The SMILES string of the molecule is CC(C)c1cnc(C(Cc2ccncc2)(OC(=O)O)Sc2cc(Cl)cc(Cl)c2)[nH]1. The first-order chi connectivity index (χ1) is 13.8. The molecule has 6 nitrogen and oxygen atoms in total. The fraction of sp³-hybridized carbons (Fsp3) is 0.250. The van der Waals surface area contributed by atoms with Gasteiger partial charge in [-0.25, -0.2) is 9.78 Å². The van der Waals surface area contributed by atoms with Gasteiger partial charge in [0.05, 0.1) is 0 Å². The van der Waals surface area contributed by atoms with Gasteiger partial charge < -0.3 is 14.8 Å². The first kappa shape index (κ1) is 21.5. The third kappa shape index (κ3) is 5.44. The summed E-state index contributed by atoms with van der Waals surface area (Å²) in [5.41, 5.74) is 1.71. The molecule has 0 aliphatic carbocycles. The molecule has 0 spiro atoms. The number of thioether (sulfide) groups is 1. The molecule has 0 saturated heterocycles. The highest BCUT2D eigenvalue weighted by Crippen LogP contribution is 2.45. The zero-order chi connectivity index (χ0) is 21.0. The standard InChI is InChI=1S/C20H19Cl2N3O3S/c1-12(2)17-11-24-18(25-17)20(28-19(26)27,10-13-3-5-23-6-4-13)29-16-8-14(21)7-15(22)9-16/h3-9,11-12H,10H2,1-2H3,(H,24,25)(H,26,27). The molecule has 2 heterocycles. The predicted octanol–water partition coefficient (Wildman–Crippen LogP) is 6.12. The summed E-state index contributed by atoms with van der Waals surface area (Å²) in [6.07, 6.45) is 3.79. The molecule has 2 aromatic heterocycles. The number of ether oxygens (including phenoxy) is 1. The zero-order valence-corrected chi connectivity index (χ0v) is 18.1. The maximum Gasteiger partial charge on any atom is 0.507 e. The number of benzene rings is 1. The summed E-state index contributed by atoms with van der Waals surface area (Å²) in [5, 5.41) is 10.4. The number of imidazole rings is 1. The van der Waals surface area contributed by atoms with Crippen LogP contribution in [-0.2, 0) is 16.1 Å². The molecule has 2 N–H and O–H groups in total. The molecule has 1 unspecified atom stereocenters. The lowest BCUT2D eigenvalue weighted by Crippen LogP contribution is -2.32. The molecule has 0 aliphatic heterocycles. The van der Waals surface area contributed by atoms with E-state index < -0.39 is 11.1 Å². The molecule has 1 aromatic carbocycles. The van der Waals surface area contributed by atoms with Crippen molar-refractivity contribution in [3.05, 3.63) is 76.0 Å². The first-order valence-electron chi connectivity index (χ1n) is 8.79. The van der Waals surface area contributed by atoms with E-state index in [0.717, 1.165) is 11.3 Å². The van der Waals surface area contributed by atoms with Crippen molar-refractivity contribution in [1.29, 1.82) is 0 Å². The monoisotopic (exact) mass is 451 g/mol. The molecule has 3 rings (SSSR count). The first-order valence-corrected chi connectivity index (χ1v) is 10.4. The molecular formula is C20H19Cl2N3O3S. The predicted molar refractivity (Wildman–Crippen MR) is 114 cm³/mol. The Kier molecular flexibility index (Phi) is 6.72. The molecule has 1 atom stereocenters. The summed E-state index contributed by atoms with van der Waals surface area (Å²) >= 11 is 13.5. The molecule has 0 bridgehead atoms. The van der Waals surface area contributed by atoms with Crippen molar-refractivity contribution in [3.63, 3.8) is 0 Å². The molecule has 152 valence electrons. The fourth-order valence-electron chi connectivity index (χ4n) is 2.78. The number of rotatable bonds is 7. The molecule has 29 heavy (non-hydrogen) atoms. The van der Waals surface area contributed by atoms with Crippen molar-refractivity contribution in [3.8, 4) is 0 Å². The van der Waals surface area contributed by atoms with E-state index in [1.54, 1.807) is 48.9 Å². The van der Waals surface area contributed by atoms with Crippen LogP contribution in [0, 0.1) is 0 Å². The number of halogens is 2. The van der Waals surface area contributed by atoms with Crippen LogP contribution < -0.4 is 0 Å². The van der Waals surface area contributed by atoms with Gasteiger partial charge in [0.1, 0.15) is 0 Å². The molecule has 0 aliphatic rings. The number of nitrogens with one attached hydrogen (secondary N) is 1. The van der Waals surface area contributed by atoms with Gasteiger partial charge in [0, 0.05) is 45.6 Å². The number of hydrogen-bond acceptors (Lipinski definition) is 5. The summed E-state index contributed by atoms with van der Waals surface area (Å²) in [6.45, 7) is 4.04. The Bertz CT molecular complexity index is 977. The Hall–Kier alpha value is -2.22. The lowest BCUT2D eigenvalue weighted by molar-refractivity contribution is 0.0287. The highest BCUT2D eigenvalue weighted by molar-refractivity contribution is 8.00. The van der Waals surface area contributed by atoms with Crippen molar-refractivity contribution in [2.24, 2.45) is 0 Å². The summed E-state index contributed by atoms with van der Waals surface area (Å²) in [4.78, 5) is 22.7. The van der Waals surface area contributed by atoms with Crippen LogP contribution in [0.2, 0.25) is 10.0 Å². The van der Waals surface area contributed by atoms with Crippen LogP contribution >= 0.6 is 35.0 Å². The van der Waals surface area contributed by atoms with Crippen LogP contribution in [0.25, 0.3) is 0 Å². The number of nitrogens with zero attached hydrogens (tertiary/aromatic N) is 2. The van der Waals surface area contributed by atoms with Crippen LogP contribution in [-0.4, -0.2) is 26.2 Å². The van der Waals surface area contributed by atoms with Gasteiger partial charge in [0.15, 0.2) is 5.82 Å². The number of hydrogen-bond donors (Lipinski definition) is 2. The summed E-state index contributed by atoms with van der Waals surface area (Å²) in [6, 6.07) is 8.63. The van der Waals surface area contributed by atoms with Crippen LogP contribution in [0.4, 0.5) is 4.79 Å². The molecular weight excluding hydrogens is 433 g/mol. The highest BCUT2D eigenvalue weighted by atomic mass is 35.5. The maximum absolute atomic E-state index is 11.7. The van der Waals surface area contributed by atoms with E-state index in [4.69, 9.17) is 27.9 Å². The third-order valence-electron chi connectivity index (χ3n) is 4.14. The van der Waals surface area contributed by atoms with E-state index in [-0.39, 0.29) is 12.3 Å². The van der Waals surface area contributed by atoms with Crippen LogP contribution in [0.3, 0.4) is 0 Å².